The van der Waals surface area contributed by atoms with Crippen LogP contribution in [0.15, 0.2) is 12.1 Å². The lowest BCUT2D eigenvalue weighted by Crippen LogP contribution is -2.50. The minimum Gasteiger partial charge on any atom is -0.388 e. The first-order chi connectivity index (χ1) is 9.82. The Hall–Kier alpha value is -1.04. The van der Waals surface area contributed by atoms with Gasteiger partial charge in [-0.05, 0) is 38.3 Å². The van der Waals surface area contributed by atoms with Crippen LogP contribution >= 0.6 is 23.2 Å². The van der Waals surface area contributed by atoms with Crippen LogP contribution in [-0.2, 0) is 0 Å². The molecule has 0 bridgehead atoms. The number of amides is 2. The molecule has 7 heteroatoms. The number of carbonyl (C=O) groups excluding carboxylic acids is 1. The fourth-order valence-corrected chi connectivity index (χ4v) is 2.96. The van der Waals surface area contributed by atoms with Crippen molar-refractivity contribution >= 4 is 29.2 Å². The van der Waals surface area contributed by atoms with Gasteiger partial charge in [0.2, 0.25) is 0 Å². The van der Waals surface area contributed by atoms with Gasteiger partial charge in [-0.3, -0.25) is 0 Å². The van der Waals surface area contributed by atoms with Gasteiger partial charge in [0.1, 0.15) is 5.82 Å². The molecule has 0 spiro atoms. The molecule has 0 radical (unpaired) electrons. The number of halogens is 3. The first kappa shape index (κ1) is 16.3. The first-order valence-electron chi connectivity index (χ1n) is 6.72. The molecule has 1 unspecified atom stereocenters. The highest BCUT2D eigenvalue weighted by molar-refractivity contribution is 6.36. The lowest BCUT2D eigenvalue weighted by molar-refractivity contribution is -0.0290. The molecule has 1 aliphatic carbocycles. The minimum atomic E-state index is -0.797. The molecule has 1 fully saturated rings. The van der Waals surface area contributed by atoms with Crippen molar-refractivity contribution in [3.05, 3.63) is 33.6 Å². The van der Waals surface area contributed by atoms with Crippen molar-refractivity contribution in [1.29, 1.82) is 0 Å². The molecule has 1 saturated carbocycles. The number of carbonyl (C=O) groups is 1. The van der Waals surface area contributed by atoms with Crippen molar-refractivity contribution in [2.24, 2.45) is 0 Å². The van der Waals surface area contributed by atoms with Crippen LogP contribution in [0, 0.1) is 5.82 Å². The molecular weight excluding hydrogens is 318 g/mol. The summed E-state index contributed by atoms with van der Waals surface area (Å²) in [5.41, 5.74) is -0.467. The van der Waals surface area contributed by atoms with E-state index in [0.717, 1.165) is 6.42 Å². The van der Waals surface area contributed by atoms with E-state index < -0.39 is 23.5 Å². The zero-order chi connectivity index (χ0) is 15.6. The summed E-state index contributed by atoms with van der Waals surface area (Å²) >= 11 is 11.9. The van der Waals surface area contributed by atoms with Crippen molar-refractivity contribution in [1.82, 2.24) is 10.6 Å². The van der Waals surface area contributed by atoms with Gasteiger partial charge in [0.15, 0.2) is 0 Å². The van der Waals surface area contributed by atoms with Gasteiger partial charge in [0, 0.05) is 17.1 Å². The predicted octanol–water partition coefficient (Wildman–Crippen LogP) is 3.41. The highest BCUT2D eigenvalue weighted by Gasteiger charge is 2.34. The van der Waals surface area contributed by atoms with E-state index in [2.05, 4.69) is 10.6 Å². The summed E-state index contributed by atoms with van der Waals surface area (Å²) in [5, 5.41) is 15.3. The van der Waals surface area contributed by atoms with E-state index in [0.29, 0.717) is 18.4 Å². The van der Waals surface area contributed by atoms with Gasteiger partial charge >= 0.3 is 6.03 Å². The maximum absolute atomic E-state index is 13.5. The number of aliphatic hydroxyl groups is 1. The van der Waals surface area contributed by atoms with Crippen molar-refractivity contribution < 1.29 is 14.3 Å². The molecular formula is C14H17Cl2FN2O2. The molecule has 0 aromatic heterocycles. The fraction of sp³-hybridized carbons (Fsp3) is 0.500. The van der Waals surface area contributed by atoms with Gasteiger partial charge in [-0.15, -0.1) is 0 Å². The lowest BCUT2D eigenvalue weighted by Gasteiger charge is -2.36. The summed E-state index contributed by atoms with van der Waals surface area (Å²) in [5.74, 6) is -0.589. The van der Waals surface area contributed by atoms with E-state index in [1.165, 1.54) is 12.1 Å². The summed E-state index contributed by atoms with van der Waals surface area (Å²) < 4.78 is 13.5. The van der Waals surface area contributed by atoms with E-state index >= 15 is 0 Å². The van der Waals surface area contributed by atoms with Gasteiger partial charge in [0.05, 0.1) is 16.7 Å². The summed E-state index contributed by atoms with van der Waals surface area (Å²) in [6.45, 7) is 1.85. The third-order valence-corrected chi connectivity index (χ3v) is 4.44. The van der Waals surface area contributed by atoms with E-state index in [4.69, 9.17) is 23.2 Å². The van der Waals surface area contributed by atoms with Gasteiger partial charge < -0.3 is 15.7 Å². The third kappa shape index (κ3) is 3.78. The van der Waals surface area contributed by atoms with Crippen LogP contribution < -0.4 is 10.6 Å². The normalized spacial score (nSPS) is 17.8. The number of hydrogen-bond acceptors (Lipinski definition) is 2. The van der Waals surface area contributed by atoms with Crippen LogP contribution in [0.25, 0.3) is 0 Å². The Kier molecular flexibility index (Phi) is 4.96. The quantitative estimate of drug-likeness (QED) is 0.739. The maximum atomic E-state index is 13.5. The number of nitrogens with one attached hydrogen (secondary N) is 2. The van der Waals surface area contributed by atoms with Crippen LogP contribution in [0.3, 0.4) is 0 Å². The van der Waals surface area contributed by atoms with Crippen LogP contribution in [-0.4, -0.2) is 23.3 Å². The Morgan fingerprint density at radius 3 is 2.71 bits per heavy atom. The Balaban J connectivity index is 1.96. The van der Waals surface area contributed by atoms with Crippen molar-refractivity contribution in [2.45, 2.75) is 37.8 Å². The summed E-state index contributed by atoms with van der Waals surface area (Å²) in [6, 6.07) is 1.55. The number of hydrogen-bond donors (Lipinski definition) is 3. The molecule has 1 aromatic rings. The fourth-order valence-electron chi connectivity index (χ4n) is 2.27. The second-order valence-electron chi connectivity index (χ2n) is 5.38. The molecule has 3 N–H and O–H groups in total. The zero-order valence-electron chi connectivity index (χ0n) is 11.5. The van der Waals surface area contributed by atoms with E-state index in [9.17, 15) is 14.3 Å². The van der Waals surface area contributed by atoms with Crippen molar-refractivity contribution in [3.8, 4) is 0 Å². The highest BCUT2D eigenvalue weighted by atomic mass is 35.5. The molecule has 0 aliphatic heterocycles. The molecule has 0 heterocycles. The smallest absolute Gasteiger partial charge is 0.315 e. The lowest BCUT2D eigenvalue weighted by atomic mass is 9.80. The molecule has 1 aliphatic rings. The predicted molar refractivity (Wildman–Crippen MR) is 80.2 cm³/mol. The van der Waals surface area contributed by atoms with Crippen molar-refractivity contribution in [2.75, 3.05) is 6.54 Å². The molecule has 116 valence electrons. The Morgan fingerprint density at radius 2 is 2.14 bits per heavy atom. The summed E-state index contributed by atoms with van der Waals surface area (Å²) in [6.07, 6.45) is 2.33. The average molecular weight is 335 g/mol. The van der Waals surface area contributed by atoms with Crippen LogP contribution in [0.1, 0.15) is 37.8 Å². The molecule has 1 atom stereocenters. The van der Waals surface area contributed by atoms with E-state index in [1.807, 2.05) is 0 Å². The number of benzene rings is 1. The van der Waals surface area contributed by atoms with E-state index in [1.54, 1.807) is 6.92 Å². The molecule has 2 rings (SSSR count). The number of urea groups is 1. The highest BCUT2D eigenvalue weighted by Crippen LogP contribution is 2.32. The maximum Gasteiger partial charge on any atom is 0.315 e. The second-order valence-corrected chi connectivity index (χ2v) is 6.17. The van der Waals surface area contributed by atoms with E-state index in [-0.39, 0.29) is 16.6 Å². The van der Waals surface area contributed by atoms with Crippen molar-refractivity contribution in [3.63, 3.8) is 0 Å². The molecule has 21 heavy (non-hydrogen) atoms. The summed E-state index contributed by atoms with van der Waals surface area (Å²) in [4.78, 5) is 11.8. The summed E-state index contributed by atoms with van der Waals surface area (Å²) in [7, 11) is 0. The monoisotopic (exact) mass is 334 g/mol. The average Bonchev–Trinajstić information content (AvgIpc) is 2.39. The van der Waals surface area contributed by atoms with Gasteiger partial charge in [-0.1, -0.05) is 23.2 Å². The molecule has 0 saturated heterocycles. The van der Waals surface area contributed by atoms with Crippen LogP contribution in [0.5, 0.6) is 0 Å². The Morgan fingerprint density at radius 1 is 1.48 bits per heavy atom. The minimum absolute atomic E-state index is 0.104. The molecule has 1 aromatic carbocycles. The Bertz CT molecular complexity index is 550. The Labute approximate surface area is 132 Å². The number of rotatable bonds is 4. The first-order valence-corrected chi connectivity index (χ1v) is 7.48. The van der Waals surface area contributed by atoms with Gasteiger partial charge in [0.25, 0.3) is 0 Å². The van der Waals surface area contributed by atoms with Gasteiger partial charge in [-0.25, -0.2) is 9.18 Å². The topological polar surface area (TPSA) is 61.4 Å². The second kappa shape index (κ2) is 6.38. The van der Waals surface area contributed by atoms with Gasteiger partial charge in [-0.2, -0.15) is 0 Å². The third-order valence-electron chi connectivity index (χ3n) is 3.72. The SMILES string of the molecule is CC(NC(=O)NCC1(O)CCC1)c1c(Cl)ccc(F)c1Cl. The molecule has 4 nitrogen and oxygen atoms in total. The largest absolute Gasteiger partial charge is 0.388 e. The molecule has 2 amide bonds. The standard InChI is InChI=1S/C14H17Cl2FN2O2/c1-8(11-9(15)3-4-10(17)12(11)16)19-13(20)18-7-14(21)5-2-6-14/h3-4,8,21H,2,5-7H2,1H3,(H2,18,19,20). The zero-order valence-corrected chi connectivity index (χ0v) is 13.1. The van der Waals surface area contributed by atoms with Crippen LogP contribution in [0.2, 0.25) is 10.0 Å². The van der Waals surface area contributed by atoms with Crippen LogP contribution in [0.4, 0.5) is 9.18 Å².